The predicted octanol–water partition coefficient (Wildman–Crippen LogP) is 4.25. The number of benzene rings is 1. The van der Waals surface area contributed by atoms with E-state index in [-0.39, 0.29) is 0 Å². The van der Waals surface area contributed by atoms with Gasteiger partial charge in [-0.15, -0.1) is 0 Å². The third-order valence-corrected chi connectivity index (χ3v) is 5.43. The highest BCUT2D eigenvalue weighted by molar-refractivity contribution is 9.10. The molecular weight excluding hydrogens is 382 g/mol. The Hall–Kier alpha value is -1.95. The minimum Gasteiger partial charge on any atom is -0.497 e. The first kappa shape index (κ1) is 17.9. The zero-order valence-electron chi connectivity index (χ0n) is 14.9. The van der Waals surface area contributed by atoms with E-state index in [9.17, 15) is 0 Å². The van der Waals surface area contributed by atoms with Crippen molar-refractivity contribution in [2.24, 2.45) is 0 Å². The molecule has 2 heterocycles. The monoisotopic (exact) mass is 405 g/mol. The van der Waals surface area contributed by atoms with Gasteiger partial charge in [-0.3, -0.25) is 0 Å². The van der Waals surface area contributed by atoms with E-state index in [4.69, 9.17) is 9.47 Å². The van der Waals surface area contributed by atoms with Gasteiger partial charge in [0, 0.05) is 53.7 Å². The molecule has 0 saturated carbocycles. The molecule has 134 valence electrons. The molecule has 0 aliphatic carbocycles. The van der Waals surface area contributed by atoms with Crippen molar-refractivity contribution in [2.45, 2.75) is 25.8 Å². The van der Waals surface area contributed by atoms with Gasteiger partial charge < -0.3 is 19.7 Å². The fraction of sp³-hybridized carbons (Fsp3) is 0.421. The fourth-order valence-corrected chi connectivity index (χ4v) is 3.30. The quantitative estimate of drug-likeness (QED) is 0.805. The Morgan fingerprint density at radius 2 is 1.72 bits per heavy atom. The normalized spacial score (nSPS) is 15.1. The van der Waals surface area contributed by atoms with Crippen LogP contribution in [0, 0.1) is 6.92 Å². The maximum absolute atomic E-state index is 5.38. The van der Waals surface area contributed by atoms with Crippen molar-refractivity contribution in [1.29, 1.82) is 0 Å². The van der Waals surface area contributed by atoms with E-state index in [0.717, 1.165) is 53.4 Å². The van der Waals surface area contributed by atoms with Gasteiger partial charge in [-0.2, -0.15) is 0 Å². The van der Waals surface area contributed by atoms with Gasteiger partial charge in [0.1, 0.15) is 17.3 Å². The summed E-state index contributed by atoms with van der Waals surface area (Å²) in [5, 5.41) is 3.56. The summed E-state index contributed by atoms with van der Waals surface area (Å²) >= 11 is 3.49. The van der Waals surface area contributed by atoms with Gasteiger partial charge >= 0.3 is 0 Å². The third-order valence-electron chi connectivity index (χ3n) is 4.60. The highest BCUT2D eigenvalue weighted by atomic mass is 79.9. The minimum atomic E-state index is 0.442. The van der Waals surface area contributed by atoms with Crippen LogP contribution in [0.4, 0.5) is 11.5 Å². The standard InChI is InChI=1S/C19H24BrN3O2/c1-13-8-19(21-12-18(13)20)22-14-4-6-23(7-5-14)15-9-16(24-2)11-17(10-15)25-3/h8-12,14H,4-7H2,1-3H3,(H,21,22). The lowest BCUT2D eigenvalue weighted by Crippen LogP contribution is -2.39. The van der Waals surface area contributed by atoms with Gasteiger partial charge in [0.05, 0.1) is 14.2 Å². The topological polar surface area (TPSA) is 46.6 Å². The second-order valence-corrected chi connectivity index (χ2v) is 7.15. The second kappa shape index (κ2) is 7.95. The Morgan fingerprint density at radius 1 is 1.08 bits per heavy atom. The Morgan fingerprint density at radius 3 is 2.28 bits per heavy atom. The lowest BCUT2D eigenvalue weighted by molar-refractivity contribution is 0.394. The molecule has 1 aromatic heterocycles. The van der Waals surface area contributed by atoms with Crippen LogP contribution in [0.5, 0.6) is 11.5 Å². The first-order valence-corrected chi connectivity index (χ1v) is 9.25. The van der Waals surface area contributed by atoms with Crippen molar-refractivity contribution in [3.63, 3.8) is 0 Å². The van der Waals surface area contributed by atoms with Gasteiger partial charge in [0.25, 0.3) is 0 Å². The molecule has 1 saturated heterocycles. The van der Waals surface area contributed by atoms with E-state index in [1.54, 1.807) is 14.2 Å². The molecule has 1 aromatic carbocycles. The Bertz CT molecular complexity index is 708. The molecule has 1 aliphatic heterocycles. The van der Waals surface area contributed by atoms with Crippen molar-refractivity contribution in [2.75, 3.05) is 37.5 Å². The van der Waals surface area contributed by atoms with E-state index in [2.05, 4.69) is 56.3 Å². The van der Waals surface area contributed by atoms with Crippen LogP contribution in [-0.2, 0) is 0 Å². The van der Waals surface area contributed by atoms with Gasteiger partial charge in [0.15, 0.2) is 0 Å². The zero-order chi connectivity index (χ0) is 17.8. The summed E-state index contributed by atoms with van der Waals surface area (Å²) in [5.41, 5.74) is 2.34. The maximum atomic E-state index is 5.38. The number of aryl methyl sites for hydroxylation is 1. The van der Waals surface area contributed by atoms with Gasteiger partial charge in [-0.1, -0.05) is 0 Å². The lowest BCUT2D eigenvalue weighted by atomic mass is 10.0. The molecule has 5 nitrogen and oxygen atoms in total. The van der Waals surface area contributed by atoms with Crippen molar-refractivity contribution in [3.8, 4) is 11.5 Å². The third kappa shape index (κ3) is 4.37. The average Bonchev–Trinajstić information content (AvgIpc) is 2.65. The minimum absolute atomic E-state index is 0.442. The molecule has 0 atom stereocenters. The number of aromatic nitrogens is 1. The highest BCUT2D eigenvalue weighted by Crippen LogP contribution is 2.30. The number of halogens is 1. The molecule has 0 spiro atoms. The molecule has 25 heavy (non-hydrogen) atoms. The SMILES string of the molecule is COc1cc(OC)cc(N2CCC(Nc3cc(C)c(Br)cn3)CC2)c1. The summed E-state index contributed by atoms with van der Waals surface area (Å²) in [4.78, 5) is 6.83. The van der Waals surface area contributed by atoms with E-state index >= 15 is 0 Å². The van der Waals surface area contributed by atoms with Gasteiger partial charge in [-0.25, -0.2) is 4.98 Å². The number of nitrogens with one attached hydrogen (secondary N) is 1. The highest BCUT2D eigenvalue weighted by Gasteiger charge is 2.20. The Labute approximate surface area is 157 Å². The Kier molecular flexibility index (Phi) is 5.68. The van der Waals surface area contributed by atoms with Crippen molar-refractivity contribution >= 4 is 27.4 Å². The van der Waals surface area contributed by atoms with Crippen LogP contribution in [0.2, 0.25) is 0 Å². The number of pyridine rings is 1. The van der Waals surface area contributed by atoms with Crippen LogP contribution in [-0.4, -0.2) is 38.3 Å². The summed E-state index contributed by atoms with van der Waals surface area (Å²) in [6.07, 6.45) is 3.99. The number of ether oxygens (including phenoxy) is 2. The van der Waals surface area contributed by atoms with Crippen LogP contribution >= 0.6 is 15.9 Å². The second-order valence-electron chi connectivity index (χ2n) is 6.30. The molecule has 0 unspecified atom stereocenters. The van der Waals surface area contributed by atoms with Crippen LogP contribution in [0.1, 0.15) is 18.4 Å². The Balaban J connectivity index is 1.62. The van der Waals surface area contributed by atoms with Gasteiger partial charge in [0.2, 0.25) is 0 Å². The van der Waals surface area contributed by atoms with E-state index in [0.29, 0.717) is 6.04 Å². The summed E-state index contributed by atoms with van der Waals surface area (Å²) in [6.45, 7) is 4.06. The van der Waals surface area contributed by atoms with E-state index in [1.807, 2.05) is 12.3 Å². The molecule has 0 radical (unpaired) electrons. The van der Waals surface area contributed by atoms with Crippen molar-refractivity contribution in [3.05, 3.63) is 40.5 Å². The molecule has 0 amide bonds. The fourth-order valence-electron chi connectivity index (χ4n) is 3.08. The number of hydrogen-bond donors (Lipinski definition) is 1. The van der Waals surface area contributed by atoms with Gasteiger partial charge in [-0.05, 0) is 47.3 Å². The number of hydrogen-bond acceptors (Lipinski definition) is 5. The largest absolute Gasteiger partial charge is 0.497 e. The number of piperidine rings is 1. The maximum Gasteiger partial charge on any atom is 0.126 e. The zero-order valence-corrected chi connectivity index (χ0v) is 16.5. The first-order valence-electron chi connectivity index (χ1n) is 8.45. The van der Waals surface area contributed by atoms with Crippen LogP contribution < -0.4 is 19.7 Å². The summed E-state index contributed by atoms with van der Waals surface area (Å²) in [6, 6.07) is 8.56. The first-order chi connectivity index (χ1) is 12.1. The van der Waals surface area contributed by atoms with Crippen LogP contribution in [0.25, 0.3) is 0 Å². The van der Waals surface area contributed by atoms with E-state index < -0.39 is 0 Å². The van der Waals surface area contributed by atoms with E-state index in [1.165, 1.54) is 5.56 Å². The summed E-state index contributed by atoms with van der Waals surface area (Å²) in [7, 11) is 3.36. The smallest absolute Gasteiger partial charge is 0.126 e. The number of rotatable bonds is 5. The lowest BCUT2D eigenvalue weighted by Gasteiger charge is -2.34. The molecule has 3 rings (SSSR count). The summed E-state index contributed by atoms with van der Waals surface area (Å²) in [5.74, 6) is 2.59. The van der Waals surface area contributed by atoms with Crippen LogP contribution in [0.15, 0.2) is 34.9 Å². The number of anilines is 2. The molecule has 2 aromatic rings. The molecule has 1 N–H and O–H groups in total. The number of nitrogens with zero attached hydrogens (tertiary/aromatic N) is 2. The molecule has 1 fully saturated rings. The molecule has 1 aliphatic rings. The summed E-state index contributed by atoms with van der Waals surface area (Å²) < 4.78 is 11.8. The molecule has 0 bridgehead atoms. The average molecular weight is 406 g/mol. The van der Waals surface area contributed by atoms with Crippen molar-refractivity contribution < 1.29 is 9.47 Å². The van der Waals surface area contributed by atoms with Crippen LogP contribution in [0.3, 0.4) is 0 Å². The van der Waals surface area contributed by atoms with Crippen molar-refractivity contribution in [1.82, 2.24) is 4.98 Å². The molecular formula is C19H24BrN3O2. The molecule has 6 heteroatoms. The number of methoxy groups -OCH3 is 2. The predicted molar refractivity (Wildman–Crippen MR) is 105 cm³/mol.